The summed E-state index contributed by atoms with van der Waals surface area (Å²) in [5.41, 5.74) is 3.29. The minimum absolute atomic E-state index is 0.0157. The summed E-state index contributed by atoms with van der Waals surface area (Å²) < 4.78 is 11.1. The maximum Gasteiger partial charge on any atom is 0.245 e. The zero-order valence-corrected chi connectivity index (χ0v) is 14.8. The van der Waals surface area contributed by atoms with E-state index in [1.165, 1.54) is 5.56 Å². The molecule has 2 amide bonds. The number of benzene rings is 2. The lowest BCUT2D eigenvalue weighted by Crippen LogP contribution is -2.48. The highest BCUT2D eigenvalue weighted by Gasteiger charge is 2.38. The number of amides is 2. The van der Waals surface area contributed by atoms with Gasteiger partial charge in [0.05, 0.1) is 6.04 Å². The minimum atomic E-state index is -0.431. The second kappa shape index (κ2) is 6.30. The number of rotatable bonds is 2. The molecule has 0 aliphatic carbocycles. The molecule has 3 heterocycles. The molecular weight excluding hydrogens is 344 g/mol. The lowest BCUT2D eigenvalue weighted by Gasteiger charge is -2.39. The van der Waals surface area contributed by atoms with Crippen LogP contribution in [-0.2, 0) is 16.0 Å². The van der Waals surface area contributed by atoms with Gasteiger partial charge >= 0.3 is 0 Å². The highest BCUT2D eigenvalue weighted by atomic mass is 16.7. The summed E-state index contributed by atoms with van der Waals surface area (Å²) in [7, 11) is 0. The fourth-order valence-electron chi connectivity index (χ4n) is 4.24. The van der Waals surface area contributed by atoms with Crippen molar-refractivity contribution in [3.63, 3.8) is 0 Å². The lowest BCUT2D eigenvalue weighted by molar-refractivity contribution is -0.136. The molecule has 0 aromatic heterocycles. The van der Waals surface area contributed by atoms with Gasteiger partial charge in [-0.25, -0.2) is 0 Å². The predicted molar refractivity (Wildman–Crippen MR) is 97.4 cm³/mol. The van der Waals surface area contributed by atoms with Crippen molar-refractivity contribution in [2.75, 3.05) is 13.3 Å². The third-order valence-corrected chi connectivity index (χ3v) is 5.55. The fourth-order valence-corrected chi connectivity index (χ4v) is 4.24. The molecule has 27 heavy (non-hydrogen) atoms. The van der Waals surface area contributed by atoms with Crippen LogP contribution in [0.1, 0.15) is 35.6 Å². The minimum Gasteiger partial charge on any atom is -0.454 e. The normalized spacial score (nSPS) is 23.1. The average Bonchev–Trinajstić information content (AvgIpc) is 3.33. The Morgan fingerprint density at radius 3 is 2.59 bits per heavy atom. The molecule has 3 aliphatic heterocycles. The molecule has 0 saturated carbocycles. The number of nitrogens with zero attached hydrogens (tertiary/aromatic N) is 1. The molecule has 0 radical (unpaired) electrons. The first kappa shape index (κ1) is 16.2. The molecule has 2 aromatic carbocycles. The maximum atomic E-state index is 13.2. The Kier molecular flexibility index (Phi) is 3.77. The van der Waals surface area contributed by atoms with Gasteiger partial charge in [-0.1, -0.05) is 30.3 Å². The van der Waals surface area contributed by atoms with Crippen LogP contribution >= 0.6 is 0 Å². The SMILES string of the molecule is O=C1CCC(C(=O)N2CCc3cc4c(cc3C2c2ccccc2)OCO4)N1. The van der Waals surface area contributed by atoms with Gasteiger partial charge in [-0.3, -0.25) is 9.59 Å². The van der Waals surface area contributed by atoms with Crippen molar-refractivity contribution < 1.29 is 19.1 Å². The van der Waals surface area contributed by atoms with Crippen molar-refractivity contribution in [2.45, 2.75) is 31.3 Å². The molecule has 0 spiro atoms. The summed E-state index contributed by atoms with van der Waals surface area (Å²) in [5.74, 6) is 1.42. The Hall–Kier alpha value is -3.02. The average molecular weight is 364 g/mol. The van der Waals surface area contributed by atoms with Crippen molar-refractivity contribution >= 4 is 11.8 Å². The number of hydrogen-bond donors (Lipinski definition) is 1. The predicted octanol–water partition coefficient (Wildman–Crippen LogP) is 2.17. The monoisotopic (exact) mass is 364 g/mol. The van der Waals surface area contributed by atoms with Crippen LogP contribution in [0.25, 0.3) is 0 Å². The summed E-state index contributed by atoms with van der Waals surface area (Å²) in [6, 6.07) is 13.4. The lowest BCUT2D eigenvalue weighted by atomic mass is 9.87. The van der Waals surface area contributed by atoms with Crippen LogP contribution in [0.15, 0.2) is 42.5 Å². The molecular formula is C21H20N2O4. The summed E-state index contributed by atoms with van der Waals surface area (Å²) in [6.07, 6.45) is 1.72. The number of hydrogen-bond acceptors (Lipinski definition) is 4. The van der Waals surface area contributed by atoms with Crippen LogP contribution < -0.4 is 14.8 Å². The van der Waals surface area contributed by atoms with Crippen molar-refractivity contribution in [1.82, 2.24) is 10.2 Å². The van der Waals surface area contributed by atoms with Crippen molar-refractivity contribution in [2.24, 2.45) is 0 Å². The Balaban J connectivity index is 1.58. The first-order valence-corrected chi connectivity index (χ1v) is 9.28. The van der Waals surface area contributed by atoms with Gasteiger partial charge in [-0.05, 0) is 41.7 Å². The van der Waals surface area contributed by atoms with E-state index < -0.39 is 6.04 Å². The molecule has 1 N–H and O–H groups in total. The van der Waals surface area contributed by atoms with Gasteiger partial charge in [-0.2, -0.15) is 0 Å². The largest absolute Gasteiger partial charge is 0.454 e. The van der Waals surface area contributed by atoms with Crippen molar-refractivity contribution in [3.05, 3.63) is 59.2 Å². The van der Waals surface area contributed by atoms with Crippen LogP contribution in [0, 0.1) is 0 Å². The number of carbonyl (C=O) groups is 2. The Bertz CT molecular complexity index is 912. The first-order valence-electron chi connectivity index (χ1n) is 9.28. The molecule has 0 bridgehead atoms. The fraction of sp³-hybridized carbons (Fsp3) is 0.333. The molecule has 1 fully saturated rings. The summed E-state index contributed by atoms with van der Waals surface area (Å²) in [5, 5.41) is 2.81. The van der Waals surface area contributed by atoms with Crippen molar-refractivity contribution in [1.29, 1.82) is 0 Å². The van der Waals surface area contributed by atoms with E-state index in [9.17, 15) is 9.59 Å². The van der Waals surface area contributed by atoms with E-state index in [-0.39, 0.29) is 24.6 Å². The van der Waals surface area contributed by atoms with Gasteiger partial charge in [0.15, 0.2) is 11.5 Å². The van der Waals surface area contributed by atoms with E-state index >= 15 is 0 Å². The van der Waals surface area contributed by atoms with Crippen molar-refractivity contribution in [3.8, 4) is 11.5 Å². The zero-order valence-electron chi connectivity index (χ0n) is 14.8. The van der Waals surface area contributed by atoms with E-state index in [4.69, 9.17) is 9.47 Å². The van der Waals surface area contributed by atoms with E-state index in [1.807, 2.05) is 47.4 Å². The van der Waals surface area contributed by atoms with E-state index in [2.05, 4.69) is 5.32 Å². The van der Waals surface area contributed by atoms with Crippen LogP contribution in [-0.4, -0.2) is 36.1 Å². The van der Waals surface area contributed by atoms with Crippen LogP contribution in [0.2, 0.25) is 0 Å². The van der Waals surface area contributed by atoms with Gasteiger partial charge in [-0.15, -0.1) is 0 Å². The number of nitrogens with one attached hydrogen (secondary N) is 1. The number of fused-ring (bicyclic) bond motifs is 2. The second-order valence-corrected chi connectivity index (χ2v) is 7.16. The zero-order chi connectivity index (χ0) is 18.4. The smallest absolute Gasteiger partial charge is 0.245 e. The number of ether oxygens (including phenoxy) is 2. The second-order valence-electron chi connectivity index (χ2n) is 7.16. The molecule has 6 nitrogen and oxygen atoms in total. The molecule has 1 saturated heterocycles. The van der Waals surface area contributed by atoms with Gasteiger partial charge in [0.25, 0.3) is 0 Å². The third-order valence-electron chi connectivity index (χ3n) is 5.55. The number of carbonyl (C=O) groups excluding carboxylic acids is 2. The standard InChI is InChI=1S/C21H20N2O4/c24-19-7-6-16(22-19)21(25)23-9-8-14-10-17-18(27-12-26-17)11-15(14)20(23)13-4-2-1-3-5-13/h1-5,10-11,16,20H,6-9,12H2,(H,22,24). The van der Waals surface area contributed by atoms with E-state index in [0.717, 1.165) is 29.0 Å². The van der Waals surface area contributed by atoms with Crippen LogP contribution in [0.4, 0.5) is 0 Å². The molecule has 3 aliphatic rings. The third kappa shape index (κ3) is 2.72. The highest BCUT2D eigenvalue weighted by Crippen LogP contribution is 2.43. The van der Waals surface area contributed by atoms with E-state index in [1.54, 1.807) is 0 Å². The molecule has 2 atom stereocenters. The van der Waals surface area contributed by atoms with Crippen LogP contribution in [0.5, 0.6) is 11.5 Å². The van der Waals surface area contributed by atoms with Gasteiger partial charge in [0.1, 0.15) is 6.04 Å². The molecule has 138 valence electrons. The maximum absolute atomic E-state index is 13.2. The summed E-state index contributed by atoms with van der Waals surface area (Å²) >= 11 is 0. The molecule has 2 aromatic rings. The topological polar surface area (TPSA) is 67.9 Å². The highest BCUT2D eigenvalue weighted by molar-refractivity contribution is 5.91. The van der Waals surface area contributed by atoms with Gasteiger partial charge < -0.3 is 19.7 Å². The van der Waals surface area contributed by atoms with Crippen LogP contribution in [0.3, 0.4) is 0 Å². The van der Waals surface area contributed by atoms with E-state index in [0.29, 0.717) is 19.4 Å². The Morgan fingerprint density at radius 1 is 1.07 bits per heavy atom. The Labute approximate surface area is 157 Å². The summed E-state index contributed by atoms with van der Waals surface area (Å²) in [6.45, 7) is 0.836. The Morgan fingerprint density at radius 2 is 1.85 bits per heavy atom. The first-order chi connectivity index (χ1) is 13.2. The quantitative estimate of drug-likeness (QED) is 0.887. The van der Waals surface area contributed by atoms with Gasteiger partial charge in [0.2, 0.25) is 18.6 Å². The molecule has 2 unspecified atom stereocenters. The summed E-state index contributed by atoms with van der Waals surface area (Å²) in [4.78, 5) is 26.7. The molecule has 5 rings (SSSR count). The van der Waals surface area contributed by atoms with Gasteiger partial charge in [0, 0.05) is 13.0 Å². The molecule has 6 heteroatoms.